The van der Waals surface area contributed by atoms with Crippen LogP contribution in [0.15, 0.2) is 18.2 Å². The Morgan fingerprint density at radius 3 is 2.19 bits per heavy atom. The van der Waals surface area contributed by atoms with E-state index in [-0.39, 0.29) is 5.82 Å². The quantitative estimate of drug-likeness (QED) is 0.346. The largest absolute Gasteiger partial charge is 0.494 e. The molecule has 0 N–H and O–H groups in total. The first-order valence-corrected chi connectivity index (χ1v) is 14.1. The molecular weight excluding hydrogens is 395 g/mol. The summed E-state index contributed by atoms with van der Waals surface area (Å²) in [5, 5.41) is 0. The molecule has 4 unspecified atom stereocenters. The monoisotopic (exact) mass is 442 g/mol. The van der Waals surface area contributed by atoms with E-state index in [4.69, 9.17) is 4.74 Å². The van der Waals surface area contributed by atoms with Crippen molar-refractivity contribution < 1.29 is 9.13 Å². The summed E-state index contributed by atoms with van der Waals surface area (Å²) in [5.41, 5.74) is 0.936. The van der Waals surface area contributed by atoms with Crippen molar-refractivity contribution in [3.63, 3.8) is 0 Å². The highest BCUT2D eigenvalue weighted by atomic mass is 19.1. The Hall–Kier alpha value is -1.05. The first-order valence-electron chi connectivity index (χ1n) is 14.1. The molecule has 0 aliphatic heterocycles. The summed E-state index contributed by atoms with van der Waals surface area (Å²) in [7, 11) is 0. The van der Waals surface area contributed by atoms with Crippen molar-refractivity contribution in [2.24, 2.45) is 29.6 Å². The van der Waals surface area contributed by atoms with Gasteiger partial charge in [-0.25, -0.2) is 4.39 Å². The molecular formula is C30H47FO. The van der Waals surface area contributed by atoms with Gasteiger partial charge in [0.15, 0.2) is 0 Å². The molecule has 1 aromatic carbocycles. The Kier molecular flexibility index (Phi) is 8.95. The zero-order chi connectivity index (χ0) is 22.3. The normalized spacial score (nSPS) is 33.0. The van der Waals surface area contributed by atoms with Gasteiger partial charge < -0.3 is 4.74 Å². The molecule has 3 saturated carbocycles. The van der Waals surface area contributed by atoms with Crippen molar-refractivity contribution in [2.75, 3.05) is 6.61 Å². The van der Waals surface area contributed by atoms with E-state index in [1.165, 1.54) is 96.3 Å². The molecule has 32 heavy (non-hydrogen) atoms. The van der Waals surface area contributed by atoms with Crippen molar-refractivity contribution in [2.45, 2.75) is 116 Å². The van der Waals surface area contributed by atoms with Gasteiger partial charge in [-0.1, -0.05) is 57.9 Å². The van der Waals surface area contributed by atoms with Crippen molar-refractivity contribution in [1.82, 2.24) is 0 Å². The zero-order valence-electron chi connectivity index (χ0n) is 20.8. The maximum Gasteiger partial charge on any atom is 0.130 e. The Balaban J connectivity index is 1.23. The number of hydrogen-bond acceptors (Lipinski definition) is 1. The molecule has 0 radical (unpaired) electrons. The number of rotatable bonds is 9. The highest BCUT2D eigenvalue weighted by Crippen LogP contribution is 2.51. The highest BCUT2D eigenvalue weighted by molar-refractivity contribution is 5.31. The lowest BCUT2D eigenvalue weighted by Crippen LogP contribution is -2.34. The van der Waals surface area contributed by atoms with Gasteiger partial charge >= 0.3 is 0 Å². The van der Waals surface area contributed by atoms with Gasteiger partial charge in [0.2, 0.25) is 0 Å². The van der Waals surface area contributed by atoms with Gasteiger partial charge in [-0.15, -0.1) is 0 Å². The SMILES string of the molecule is CCCCCCC1CCC(C2CCC3CC(c4ccc(OCC)cc4F)CCC3C2)CC1. The molecule has 3 fully saturated rings. The molecule has 0 saturated heterocycles. The number of ether oxygens (including phenoxy) is 1. The molecule has 1 nitrogen and oxygen atoms in total. The molecule has 0 bridgehead atoms. The second-order valence-electron chi connectivity index (χ2n) is 11.3. The van der Waals surface area contributed by atoms with Crippen LogP contribution in [0.5, 0.6) is 5.75 Å². The van der Waals surface area contributed by atoms with Crippen LogP contribution in [0.3, 0.4) is 0 Å². The van der Waals surface area contributed by atoms with Crippen LogP contribution >= 0.6 is 0 Å². The number of benzene rings is 1. The van der Waals surface area contributed by atoms with Crippen LogP contribution in [0.1, 0.15) is 122 Å². The molecule has 2 heteroatoms. The lowest BCUT2D eigenvalue weighted by Gasteiger charge is -2.45. The van der Waals surface area contributed by atoms with Gasteiger partial charge in [0.1, 0.15) is 11.6 Å². The van der Waals surface area contributed by atoms with Crippen LogP contribution in [-0.2, 0) is 0 Å². The fourth-order valence-electron chi connectivity index (χ4n) is 7.54. The Bertz CT molecular complexity index is 692. The maximum absolute atomic E-state index is 14.8. The summed E-state index contributed by atoms with van der Waals surface area (Å²) in [6, 6.07) is 5.56. The van der Waals surface area contributed by atoms with E-state index in [0.29, 0.717) is 18.3 Å². The summed E-state index contributed by atoms with van der Waals surface area (Å²) in [5.74, 6) is 5.76. The predicted molar refractivity (Wildman–Crippen MR) is 133 cm³/mol. The second kappa shape index (κ2) is 11.9. The van der Waals surface area contributed by atoms with Gasteiger partial charge in [-0.05, 0) is 105 Å². The molecule has 3 aliphatic carbocycles. The fourth-order valence-corrected chi connectivity index (χ4v) is 7.54. The third-order valence-electron chi connectivity index (χ3n) is 9.40. The smallest absolute Gasteiger partial charge is 0.130 e. The van der Waals surface area contributed by atoms with Gasteiger partial charge in [-0.2, -0.15) is 0 Å². The van der Waals surface area contributed by atoms with Gasteiger partial charge in [-0.3, -0.25) is 0 Å². The van der Waals surface area contributed by atoms with Crippen LogP contribution in [0, 0.1) is 35.4 Å². The Morgan fingerprint density at radius 2 is 1.47 bits per heavy atom. The fraction of sp³-hybridized carbons (Fsp3) is 0.800. The van der Waals surface area contributed by atoms with Crippen LogP contribution in [-0.4, -0.2) is 6.61 Å². The van der Waals surface area contributed by atoms with E-state index in [2.05, 4.69) is 6.92 Å². The summed E-state index contributed by atoms with van der Waals surface area (Å²) >= 11 is 0. The van der Waals surface area contributed by atoms with Crippen molar-refractivity contribution in [1.29, 1.82) is 0 Å². The topological polar surface area (TPSA) is 9.23 Å². The molecule has 4 rings (SSSR count). The van der Waals surface area contributed by atoms with E-state index in [0.717, 1.165) is 35.2 Å². The van der Waals surface area contributed by atoms with Crippen molar-refractivity contribution in [3.05, 3.63) is 29.6 Å². The molecule has 4 atom stereocenters. The minimum absolute atomic E-state index is 0.0560. The van der Waals surface area contributed by atoms with Crippen LogP contribution in [0.25, 0.3) is 0 Å². The summed E-state index contributed by atoms with van der Waals surface area (Å²) in [6.07, 6.45) is 21.2. The maximum atomic E-state index is 14.8. The third-order valence-corrected chi connectivity index (χ3v) is 9.40. The number of halogens is 1. The van der Waals surface area contributed by atoms with E-state index in [1.807, 2.05) is 19.1 Å². The van der Waals surface area contributed by atoms with E-state index in [1.54, 1.807) is 6.07 Å². The summed E-state index contributed by atoms with van der Waals surface area (Å²) < 4.78 is 20.2. The van der Waals surface area contributed by atoms with Gasteiger partial charge in [0.05, 0.1) is 6.61 Å². The van der Waals surface area contributed by atoms with Crippen LogP contribution in [0.4, 0.5) is 4.39 Å². The highest BCUT2D eigenvalue weighted by Gasteiger charge is 2.39. The number of fused-ring (bicyclic) bond motifs is 1. The first-order chi connectivity index (χ1) is 15.7. The molecule has 0 aromatic heterocycles. The molecule has 0 amide bonds. The first kappa shape index (κ1) is 24.1. The molecule has 180 valence electrons. The van der Waals surface area contributed by atoms with Crippen LogP contribution < -0.4 is 4.74 Å². The van der Waals surface area contributed by atoms with Gasteiger partial charge in [0.25, 0.3) is 0 Å². The van der Waals surface area contributed by atoms with E-state index < -0.39 is 0 Å². The van der Waals surface area contributed by atoms with Crippen molar-refractivity contribution in [3.8, 4) is 5.75 Å². The predicted octanol–water partition coefficient (Wildman–Crippen LogP) is 9.30. The molecule has 1 aromatic rings. The Labute approximate surface area is 196 Å². The lowest BCUT2D eigenvalue weighted by atomic mass is 9.60. The minimum atomic E-state index is -0.0560. The van der Waals surface area contributed by atoms with E-state index in [9.17, 15) is 4.39 Å². The molecule has 3 aliphatic rings. The van der Waals surface area contributed by atoms with Gasteiger partial charge in [0, 0.05) is 6.07 Å². The lowest BCUT2D eigenvalue weighted by molar-refractivity contribution is 0.0706. The van der Waals surface area contributed by atoms with E-state index >= 15 is 0 Å². The summed E-state index contributed by atoms with van der Waals surface area (Å²) in [4.78, 5) is 0. The average Bonchev–Trinajstić information content (AvgIpc) is 2.82. The van der Waals surface area contributed by atoms with Crippen LogP contribution in [0.2, 0.25) is 0 Å². The van der Waals surface area contributed by atoms with Crippen molar-refractivity contribution >= 4 is 0 Å². The number of hydrogen-bond donors (Lipinski definition) is 0. The second-order valence-corrected chi connectivity index (χ2v) is 11.3. The molecule has 0 spiro atoms. The third kappa shape index (κ3) is 6.09. The zero-order valence-corrected chi connectivity index (χ0v) is 20.8. The summed E-state index contributed by atoms with van der Waals surface area (Å²) in [6.45, 7) is 4.85. The minimum Gasteiger partial charge on any atom is -0.494 e. The molecule has 0 heterocycles. The Morgan fingerprint density at radius 1 is 0.781 bits per heavy atom. The standard InChI is InChI=1S/C30H47FO/c1-3-5-6-7-8-22-9-11-23(12-10-22)24-13-14-26-20-27(16-15-25(26)19-24)29-18-17-28(32-4-2)21-30(29)31/h17-18,21-27H,3-16,19-20H2,1-2H3. The number of unbranched alkanes of at least 4 members (excludes halogenated alkanes) is 3. The average molecular weight is 443 g/mol.